The van der Waals surface area contributed by atoms with Crippen LogP contribution >= 0.6 is 0 Å². The van der Waals surface area contributed by atoms with Gasteiger partial charge < -0.3 is 16.0 Å². The van der Waals surface area contributed by atoms with Gasteiger partial charge in [0.2, 0.25) is 11.7 Å². The molecule has 18 heavy (non-hydrogen) atoms. The van der Waals surface area contributed by atoms with Crippen LogP contribution in [0.15, 0.2) is 28.8 Å². The number of aromatic nitrogens is 2. The monoisotopic (exact) mass is 246 g/mol. The van der Waals surface area contributed by atoms with Crippen LogP contribution in [-0.2, 0) is 6.54 Å². The summed E-state index contributed by atoms with van der Waals surface area (Å²) >= 11 is 0. The molecule has 0 saturated heterocycles. The van der Waals surface area contributed by atoms with Crippen LogP contribution in [0.3, 0.4) is 0 Å². The molecular formula is C13H18N4O. The fourth-order valence-electron chi connectivity index (χ4n) is 1.56. The van der Waals surface area contributed by atoms with E-state index >= 15 is 0 Å². The van der Waals surface area contributed by atoms with Crippen molar-refractivity contribution in [3.05, 3.63) is 35.7 Å². The van der Waals surface area contributed by atoms with E-state index in [9.17, 15) is 0 Å². The Bertz CT molecular complexity index is 504. The second-order valence-corrected chi connectivity index (χ2v) is 4.63. The zero-order chi connectivity index (χ0) is 13.1. The van der Waals surface area contributed by atoms with Gasteiger partial charge in [0.25, 0.3) is 0 Å². The second kappa shape index (κ2) is 5.29. The highest BCUT2D eigenvalue weighted by molar-refractivity contribution is 5.54. The first-order valence-corrected chi connectivity index (χ1v) is 6.00. The van der Waals surface area contributed by atoms with E-state index in [1.165, 1.54) is 0 Å². The molecule has 0 aliphatic carbocycles. The lowest BCUT2D eigenvalue weighted by atomic mass is 10.1. The van der Waals surface area contributed by atoms with E-state index in [0.717, 1.165) is 11.1 Å². The smallest absolute Gasteiger partial charge is 0.244 e. The molecule has 5 nitrogen and oxygen atoms in total. The fourth-order valence-corrected chi connectivity index (χ4v) is 1.56. The number of hydrogen-bond acceptors (Lipinski definition) is 5. The molecule has 0 radical (unpaired) electrons. The molecule has 96 valence electrons. The zero-order valence-electron chi connectivity index (χ0n) is 10.6. The Kier molecular flexibility index (Phi) is 3.74. The highest BCUT2D eigenvalue weighted by Crippen LogP contribution is 2.21. The van der Waals surface area contributed by atoms with Gasteiger partial charge in [-0.25, -0.2) is 0 Å². The summed E-state index contributed by atoms with van der Waals surface area (Å²) in [7, 11) is 0. The first-order valence-electron chi connectivity index (χ1n) is 6.00. The summed E-state index contributed by atoms with van der Waals surface area (Å²) < 4.78 is 5.19. The topological polar surface area (TPSA) is 91.0 Å². The third-order valence-corrected chi connectivity index (χ3v) is 2.89. The van der Waals surface area contributed by atoms with Gasteiger partial charge in [0.15, 0.2) is 0 Å². The molecule has 1 aromatic heterocycles. The maximum Gasteiger partial charge on any atom is 0.244 e. The predicted octanol–water partition coefficient (Wildman–Crippen LogP) is 1.85. The average molecular weight is 246 g/mol. The third-order valence-electron chi connectivity index (χ3n) is 2.89. The molecular weight excluding hydrogens is 228 g/mol. The Hall–Kier alpha value is -1.72. The highest BCUT2D eigenvalue weighted by Gasteiger charge is 2.18. The van der Waals surface area contributed by atoms with Crippen LogP contribution in [-0.4, -0.2) is 10.1 Å². The summed E-state index contributed by atoms with van der Waals surface area (Å²) in [5.41, 5.74) is 13.5. The molecule has 0 unspecified atom stereocenters. The molecule has 5 heteroatoms. The minimum atomic E-state index is -0.227. The normalized spacial score (nSPS) is 12.9. The Morgan fingerprint density at radius 1 is 1.22 bits per heavy atom. The molecule has 0 bridgehead atoms. The number of hydrogen-bond donors (Lipinski definition) is 2. The molecule has 0 fully saturated rings. The maximum absolute atomic E-state index is 5.96. The van der Waals surface area contributed by atoms with Crippen molar-refractivity contribution in [2.75, 3.05) is 0 Å². The largest absolute Gasteiger partial charge is 0.337 e. The van der Waals surface area contributed by atoms with Crippen molar-refractivity contribution >= 4 is 0 Å². The van der Waals surface area contributed by atoms with Crippen molar-refractivity contribution in [1.82, 2.24) is 10.1 Å². The Morgan fingerprint density at radius 3 is 2.44 bits per heavy atom. The number of nitrogens with zero attached hydrogens (tertiary/aromatic N) is 2. The van der Waals surface area contributed by atoms with Crippen LogP contribution in [0.25, 0.3) is 11.4 Å². The van der Waals surface area contributed by atoms with Crippen molar-refractivity contribution in [1.29, 1.82) is 0 Å². The standard InChI is InChI=1S/C13H18N4O/c1-8(2)11(15)13-16-12(17-18-13)10-5-3-9(7-14)4-6-10/h3-6,8,11H,7,14-15H2,1-2H3/t11-/m0/s1. The molecule has 0 spiro atoms. The summed E-state index contributed by atoms with van der Waals surface area (Å²) in [5, 5.41) is 3.95. The molecule has 0 aliphatic heterocycles. The Morgan fingerprint density at radius 2 is 1.89 bits per heavy atom. The van der Waals surface area contributed by atoms with Crippen LogP contribution in [0.5, 0.6) is 0 Å². The summed E-state index contributed by atoms with van der Waals surface area (Å²) in [6, 6.07) is 7.53. The molecule has 0 aliphatic rings. The summed E-state index contributed by atoms with van der Waals surface area (Å²) in [6.45, 7) is 4.56. The quantitative estimate of drug-likeness (QED) is 0.859. The van der Waals surface area contributed by atoms with E-state index in [-0.39, 0.29) is 12.0 Å². The number of rotatable bonds is 4. The van der Waals surface area contributed by atoms with Gasteiger partial charge in [0.1, 0.15) is 0 Å². The van der Waals surface area contributed by atoms with Crippen molar-refractivity contribution in [3.8, 4) is 11.4 Å². The molecule has 1 atom stereocenters. The van der Waals surface area contributed by atoms with Gasteiger partial charge in [-0.1, -0.05) is 43.3 Å². The van der Waals surface area contributed by atoms with Gasteiger partial charge in [-0.2, -0.15) is 4.98 Å². The van der Waals surface area contributed by atoms with E-state index in [1.807, 2.05) is 38.1 Å². The van der Waals surface area contributed by atoms with Crippen LogP contribution in [0.4, 0.5) is 0 Å². The molecule has 2 aromatic rings. The lowest BCUT2D eigenvalue weighted by Gasteiger charge is -2.09. The summed E-state index contributed by atoms with van der Waals surface area (Å²) in [5.74, 6) is 1.30. The van der Waals surface area contributed by atoms with Crippen molar-refractivity contribution < 1.29 is 4.52 Å². The van der Waals surface area contributed by atoms with Crippen molar-refractivity contribution in [2.45, 2.75) is 26.4 Å². The van der Waals surface area contributed by atoms with E-state index < -0.39 is 0 Å². The number of benzene rings is 1. The van der Waals surface area contributed by atoms with E-state index in [4.69, 9.17) is 16.0 Å². The fraction of sp³-hybridized carbons (Fsp3) is 0.385. The molecule has 4 N–H and O–H groups in total. The first kappa shape index (κ1) is 12.7. The minimum absolute atomic E-state index is 0.227. The van der Waals surface area contributed by atoms with Gasteiger partial charge >= 0.3 is 0 Å². The van der Waals surface area contributed by atoms with Crippen molar-refractivity contribution in [2.24, 2.45) is 17.4 Å². The molecule has 1 aromatic carbocycles. The third kappa shape index (κ3) is 2.57. The average Bonchev–Trinajstić information content (AvgIpc) is 2.87. The van der Waals surface area contributed by atoms with E-state index in [0.29, 0.717) is 18.3 Å². The van der Waals surface area contributed by atoms with Crippen LogP contribution in [0.1, 0.15) is 31.3 Å². The predicted molar refractivity (Wildman–Crippen MR) is 69.4 cm³/mol. The Labute approximate surface area is 106 Å². The van der Waals surface area contributed by atoms with Crippen molar-refractivity contribution in [3.63, 3.8) is 0 Å². The summed E-state index contributed by atoms with van der Waals surface area (Å²) in [6.07, 6.45) is 0. The zero-order valence-corrected chi connectivity index (χ0v) is 10.6. The molecule has 2 rings (SSSR count). The summed E-state index contributed by atoms with van der Waals surface area (Å²) in [4.78, 5) is 4.32. The van der Waals surface area contributed by atoms with Gasteiger partial charge in [-0.3, -0.25) is 0 Å². The van der Waals surface area contributed by atoms with Crippen LogP contribution in [0, 0.1) is 5.92 Å². The maximum atomic E-state index is 5.96. The van der Waals surface area contributed by atoms with Gasteiger partial charge in [0, 0.05) is 12.1 Å². The first-order chi connectivity index (χ1) is 8.61. The molecule has 0 saturated carbocycles. The lowest BCUT2D eigenvalue weighted by Crippen LogP contribution is -2.16. The molecule has 1 heterocycles. The SMILES string of the molecule is CC(C)[C@H](N)c1nc(-c2ccc(CN)cc2)no1. The Balaban J connectivity index is 2.23. The lowest BCUT2D eigenvalue weighted by molar-refractivity contribution is 0.325. The van der Waals surface area contributed by atoms with Crippen LogP contribution < -0.4 is 11.5 Å². The van der Waals surface area contributed by atoms with E-state index in [2.05, 4.69) is 10.1 Å². The van der Waals surface area contributed by atoms with Crippen LogP contribution in [0.2, 0.25) is 0 Å². The van der Waals surface area contributed by atoms with Gasteiger partial charge in [0.05, 0.1) is 6.04 Å². The number of nitrogens with two attached hydrogens (primary N) is 2. The van der Waals surface area contributed by atoms with Gasteiger partial charge in [-0.05, 0) is 11.5 Å². The van der Waals surface area contributed by atoms with E-state index in [1.54, 1.807) is 0 Å². The van der Waals surface area contributed by atoms with Gasteiger partial charge in [-0.15, -0.1) is 0 Å². The second-order valence-electron chi connectivity index (χ2n) is 4.63. The minimum Gasteiger partial charge on any atom is -0.337 e. The highest BCUT2D eigenvalue weighted by atomic mass is 16.5. The molecule has 0 amide bonds.